The van der Waals surface area contributed by atoms with E-state index in [0.29, 0.717) is 0 Å². The third-order valence-electron chi connectivity index (χ3n) is 1.12. The molecule has 0 radical (unpaired) electrons. The average Bonchev–Trinajstić information content (AvgIpc) is 1.70. The topological polar surface area (TPSA) is 193 Å². The molecule has 0 aromatic rings. The molecular formula is C3H6K6NO9P3. The van der Waals surface area contributed by atoms with E-state index in [9.17, 15) is 43.1 Å². The van der Waals surface area contributed by atoms with E-state index >= 15 is 0 Å². The second-order valence-electron chi connectivity index (χ2n) is 2.93. The van der Waals surface area contributed by atoms with Gasteiger partial charge in [-0.3, -0.25) is 4.90 Å². The summed E-state index contributed by atoms with van der Waals surface area (Å²) in [4.78, 5) is 61.5. The van der Waals surface area contributed by atoms with Crippen LogP contribution in [0.5, 0.6) is 0 Å². The van der Waals surface area contributed by atoms with Gasteiger partial charge in [-0.05, 0) is 0 Å². The van der Waals surface area contributed by atoms with Crippen LogP contribution in [0.3, 0.4) is 0 Å². The van der Waals surface area contributed by atoms with Gasteiger partial charge < -0.3 is 43.1 Å². The molecule has 0 aliphatic carbocycles. The number of hydrogen-bond donors (Lipinski definition) is 0. The maximum atomic E-state index is 10.3. The third-order valence-corrected chi connectivity index (χ3v) is 3.36. The molecule has 19 heteroatoms. The SMILES string of the molecule is O=P([O-])([O-])CN(CP(=O)([O-])[O-])CP(=O)([O-])[O-].[K+].[K+].[K+].[K+].[K+].[K+]. The number of hydrogen-bond acceptors (Lipinski definition) is 10. The fourth-order valence-corrected chi connectivity index (χ4v) is 3.41. The second-order valence-corrected chi connectivity index (χ2v) is 7.44. The van der Waals surface area contributed by atoms with Crippen LogP contribution in [-0.4, -0.2) is 23.8 Å². The van der Waals surface area contributed by atoms with Gasteiger partial charge in [0.2, 0.25) is 0 Å². The Balaban J connectivity index is -0.0000000750. The molecule has 0 aliphatic rings. The average molecular weight is 528 g/mol. The van der Waals surface area contributed by atoms with Gasteiger partial charge >= 0.3 is 308 Å². The van der Waals surface area contributed by atoms with E-state index in [-0.39, 0.29) is 313 Å². The van der Waals surface area contributed by atoms with Crippen molar-refractivity contribution in [2.75, 3.05) is 18.9 Å². The second kappa shape index (κ2) is 24.4. The monoisotopic (exact) mass is 527 g/mol. The minimum atomic E-state index is -5.27. The zero-order valence-corrected chi connectivity index (χ0v) is 35.0. The molecule has 0 unspecified atom stereocenters. The Hall–Kier alpha value is 10.2. The van der Waals surface area contributed by atoms with Gasteiger partial charge in [0.25, 0.3) is 0 Å². The van der Waals surface area contributed by atoms with Crippen molar-refractivity contribution < 1.29 is 351 Å². The molecule has 0 aromatic carbocycles. The summed E-state index contributed by atoms with van der Waals surface area (Å²) in [5.41, 5.74) is 0. The summed E-state index contributed by atoms with van der Waals surface area (Å²) in [7, 11) is -15.8. The first-order chi connectivity index (χ1) is 6.79. The van der Waals surface area contributed by atoms with Crippen molar-refractivity contribution >= 4 is 22.8 Å². The molecule has 98 valence electrons. The van der Waals surface area contributed by atoms with Crippen LogP contribution >= 0.6 is 22.8 Å². The van der Waals surface area contributed by atoms with Crippen molar-refractivity contribution in [2.45, 2.75) is 0 Å². The first-order valence-electron chi connectivity index (χ1n) is 3.54. The molecule has 0 rings (SSSR count). The van der Waals surface area contributed by atoms with Crippen molar-refractivity contribution in [3.8, 4) is 0 Å². The molecular weight excluding hydrogens is 522 g/mol. The van der Waals surface area contributed by atoms with Gasteiger partial charge in [0.05, 0.1) is 0 Å². The third kappa shape index (κ3) is 40.6. The molecule has 0 aliphatic heterocycles. The van der Waals surface area contributed by atoms with Crippen molar-refractivity contribution in [2.24, 2.45) is 0 Å². The first-order valence-corrected chi connectivity index (χ1v) is 8.72. The molecule has 10 nitrogen and oxygen atoms in total. The number of nitrogens with zero attached hydrogens (tertiary/aromatic N) is 1. The molecule has 0 bridgehead atoms. The van der Waals surface area contributed by atoms with E-state index < -0.39 is 41.6 Å². The quantitative estimate of drug-likeness (QED) is 0.236. The number of rotatable bonds is 6. The fraction of sp³-hybridized carbons (Fsp3) is 1.00. The van der Waals surface area contributed by atoms with E-state index in [1.165, 1.54) is 0 Å². The Labute approximate surface area is 384 Å². The van der Waals surface area contributed by atoms with Gasteiger partial charge in [-0.2, -0.15) is 0 Å². The van der Waals surface area contributed by atoms with E-state index in [1.807, 2.05) is 0 Å². The molecule has 0 spiro atoms. The summed E-state index contributed by atoms with van der Waals surface area (Å²) in [5, 5.41) is 0. The zero-order valence-electron chi connectivity index (χ0n) is 13.6. The Bertz CT molecular complexity index is 324. The van der Waals surface area contributed by atoms with Crippen LogP contribution in [0.25, 0.3) is 0 Å². The molecule has 0 N–H and O–H groups in total. The summed E-state index contributed by atoms with van der Waals surface area (Å²) in [6.45, 7) is 0. The van der Waals surface area contributed by atoms with Gasteiger partial charge in [-0.25, -0.2) is 0 Å². The molecule has 22 heavy (non-hydrogen) atoms. The molecule has 0 aromatic heterocycles. The van der Waals surface area contributed by atoms with Crippen LogP contribution < -0.4 is 338 Å². The largest absolute Gasteiger partial charge is 1.00 e. The van der Waals surface area contributed by atoms with Crippen molar-refractivity contribution in [1.82, 2.24) is 4.90 Å². The molecule has 0 atom stereocenters. The molecule has 0 saturated carbocycles. The van der Waals surface area contributed by atoms with Crippen LogP contribution in [0.2, 0.25) is 0 Å². The van der Waals surface area contributed by atoms with Crippen molar-refractivity contribution in [1.29, 1.82) is 0 Å². The minimum Gasteiger partial charge on any atom is -0.810 e. The minimum absolute atomic E-state index is 0. The van der Waals surface area contributed by atoms with Crippen LogP contribution in [0.4, 0.5) is 0 Å². The van der Waals surface area contributed by atoms with Crippen LogP contribution in [0.1, 0.15) is 0 Å². The van der Waals surface area contributed by atoms with Crippen LogP contribution in [0.15, 0.2) is 0 Å². The van der Waals surface area contributed by atoms with Crippen LogP contribution in [-0.2, 0) is 13.7 Å². The summed E-state index contributed by atoms with van der Waals surface area (Å²) in [6.07, 6.45) is -4.55. The first kappa shape index (κ1) is 49.4. The van der Waals surface area contributed by atoms with Gasteiger partial charge in [0.15, 0.2) is 0 Å². The molecule has 0 saturated heterocycles. The van der Waals surface area contributed by atoms with Gasteiger partial charge in [0, 0.05) is 18.9 Å². The summed E-state index contributed by atoms with van der Waals surface area (Å²) in [6, 6.07) is 0. The Morgan fingerprint density at radius 2 is 0.636 bits per heavy atom. The normalized spacial score (nSPS) is 10.5. The molecule has 0 heterocycles. The predicted octanol–water partition coefficient (Wildman–Crippen LogP) is -23.1. The van der Waals surface area contributed by atoms with E-state index in [0.717, 1.165) is 0 Å². The summed E-state index contributed by atoms with van der Waals surface area (Å²) >= 11 is 0. The van der Waals surface area contributed by atoms with E-state index in [4.69, 9.17) is 0 Å². The van der Waals surface area contributed by atoms with Crippen LogP contribution in [0, 0.1) is 0 Å². The summed E-state index contributed by atoms with van der Waals surface area (Å²) in [5.74, 6) is 0. The maximum absolute atomic E-state index is 10.3. The molecule has 0 amide bonds. The Kier molecular flexibility index (Phi) is 54.7. The predicted molar refractivity (Wildman–Crippen MR) is 39.3 cm³/mol. The smallest absolute Gasteiger partial charge is 0.810 e. The Morgan fingerprint density at radius 1 is 0.500 bits per heavy atom. The van der Waals surface area contributed by atoms with Gasteiger partial charge in [-0.1, -0.05) is 22.8 Å². The molecule has 0 fully saturated rings. The Morgan fingerprint density at radius 3 is 0.727 bits per heavy atom. The fourth-order valence-electron chi connectivity index (χ4n) is 0.869. The maximum Gasteiger partial charge on any atom is 1.00 e. The van der Waals surface area contributed by atoms with E-state index in [2.05, 4.69) is 0 Å². The van der Waals surface area contributed by atoms with Gasteiger partial charge in [-0.15, -0.1) is 0 Å². The standard InChI is InChI=1S/C3H12NO9P3.6K/c5-14(6,7)1-4(2-15(8,9)10)3-16(11,12)13;;;;;;/h1-3H2,(H2,5,6,7)(H2,8,9,10)(H2,11,12,13);;;;;;/q;6*+1/p-6. The van der Waals surface area contributed by atoms with Gasteiger partial charge in [0.1, 0.15) is 0 Å². The van der Waals surface area contributed by atoms with Crippen molar-refractivity contribution in [3.05, 3.63) is 0 Å². The summed E-state index contributed by atoms with van der Waals surface area (Å²) < 4.78 is 30.8. The zero-order chi connectivity index (χ0) is 13.2. The van der Waals surface area contributed by atoms with E-state index in [1.54, 1.807) is 0 Å². The van der Waals surface area contributed by atoms with Crippen molar-refractivity contribution in [3.63, 3.8) is 0 Å².